The molecule has 1 N–H and O–H groups in total. The first-order valence-corrected chi connectivity index (χ1v) is 23.3. The number of piperazine rings is 2. The number of hydrogen-bond acceptors (Lipinski definition) is 8. The molecule has 0 bridgehead atoms. The van der Waals surface area contributed by atoms with Crippen molar-refractivity contribution in [2.75, 3.05) is 42.3 Å². The van der Waals surface area contributed by atoms with Crippen molar-refractivity contribution in [3.63, 3.8) is 0 Å². The Hall–Kier alpha value is -0.320. The SMILES string of the molecule is C.CC1C(C)C(C)N(C)C(C)C1C.CC1C(C)C(C)N(C)C1C.CC1C(C)N(C)C(C)C(C)N1C.CC1NC(C)C(C)N(C)C1C.CC1OC(C)C(C)N(C)C1C. The quantitative estimate of drug-likeness (QED) is 0.260. The zero-order valence-electron chi connectivity index (χ0n) is 42.7. The van der Waals surface area contributed by atoms with E-state index in [0.29, 0.717) is 72.6 Å². The highest BCUT2D eigenvalue weighted by Crippen LogP contribution is 2.36. The van der Waals surface area contributed by atoms with Gasteiger partial charge in [0.15, 0.2) is 0 Å². The number of ether oxygens (including phenoxy) is 1. The van der Waals surface area contributed by atoms with Crippen molar-refractivity contribution in [1.29, 1.82) is 0 Å². The van der Waals surface area contributed by atoms with Gasteiger partial charge in [-0.1, -0.05) is 42.0 Å². The van der Waals surface area contributed by atoms with Crippen LogP contribution in [0.5, 0.6) is 0 Å². The summed E-state index contributed by atoms with van der Waals surface area (Å²) in [5, 5.41) is 3.57. The van der Waals surface area contributed by atoms with Gasteiger partial charge in [0.2, 0.25) is 0 Å². The lowest BCUT2D eigenvalue weighted by atomic mass is 9.73. The molecule has 0 saturated carbocycles. The molecule has 0 spiro atoms. The summed E-state index contributed by atoms with van der Waals surface area (Å²) in [6, 6.07) is 9.32. The van der Waals surface area contributed by atoms with Crippen molar-refractivity contribution >= 4 is 0 Å². The van der Waals surface area contributed by atoms with Gasteiger partial charge in [0, 0.05) is 84.6 Å². The van der Waals surface area contributed by atoms with Crippen LogP contribution in [0.1, 0.15) is 153 Å². The van der Waals surface area contributed by atoms with E-state index in [4.69, 9.17) is 4.74 Å². The Balaban J connectivity index is 0.000000686. The third-order valence-electron chi connectivity index (χ3n) is 18.4. The van der Waals surface area contributed by atoms with Crippen LogP contribution in [-0.4, -0.2) is 168 Å². The molecular weight excluding hydrogens is 703 g/mol. The molecule has 0 aliphatic carbocycles. The Morgan fingerprint density at radius 3 is 0.702 bits per heavy atom. The van der Waals surface area contributed by atoms with E-state index in [2.05, 4.69) is 222 Å². The lowest BCUT2D eigenvalue weighted by Crippen LogP contribution is -2.62. The minimum atomic E-state index is 0. The molecule has 5 fully saturated rings. The Kier molecular flexibility index (Phi) is 24.2. The number of hydrogen-bond donors (Lipinski definition) is 1. The lowest BCUT2D eigenvalue weighted by molar-refractivity contribution is -0.120. The third kappa shape index (κ3) is 13.8. The molecule has 0 aromatic carbocycles. The zero-order chi connectivity index (χ0) is 44.0. The monoisotopic (exact) mass is 810 g/mol. The molecule has 5 rings (SSSR count). The van der Waals surface area contributed by atoms with Crippen molar-refractivity contribution < 1.29 is 4.74 Å². The zero-order valence-corrected chi connectivity index (χ0v) is 42.7. The van der Waals surface area contributed by atoms with Crippen molar-refractivity contribution in [2.24, 2.45) is 29.6 Å². The van der Waals surface area contributed by atoms with E-state index in [-0.39, 0.29) is 7.43 Å². The molecule has 0 aromatic rings. The van der Waals surface area contributed by atoms with E-state index in [1.807, 2.05) is 0 Å². The van der Waals surface area contributed by atoms with Gasteiger partial charge in [0.1, 0.15) is 0 Å². The first-order chi connectivity index (χ1) is 25.6. The van der Waals surface area contributed by atoms with E-state index in [1.54, 1.807) is 0 Å². The van der Waals surface area contributed by atoms with Crippen LogP contribution in [-0.2, 0) is 4.74 Å². The molecule has 5 heterocycles. The molecule has 20 unspecified atom stereocenters. The van der Waals surface area contributed by atoms with Crippen LogP contribution in [0.25, 0.3) is 0 Å². The second-order valence-corrected chi connectivity index (χ2v) is 20.5. The maximum absolute atomic E-state index is 5.74. The average Bonchev–Trinajstić information content (AvgIpc) is 3.34. The Bertz CT molecular complexity index is 838. The van der Waals surface area contributed by atoms with E-state index in [0.717, 1.165) is 53.8 Å². The minimum Gasteiger partial charge on any atom is -0.372 e. The maximum atomic E-state index is 5.74. The van der Waals surface area contributed by atoms with Gasteiger partial charge >= 0.3 is 0 Å². The Labute approximate surface area is 359 Å². The van der Waals surface area contributed by atoms with Crippen LogP contribution in [0.3, 0.4) is 0 Å². The molecular formula is C49H107N7O. The van der Waals surface area contributed by atoms with Gasteiger partial charge in [-0.25, -0.2) is 0 Å². The van der Waals surface area contributed by atoms with Gasteiger partial charge in [-0.15, -0.1) is 0 Å². The highest BCUT2D eigenvalue weighted by molar-refractivity contribution is 4.94. The average molecular weight is 810 g/mol. The standard InChI is InChI=1S/C11H23N.C10H22N2.C9H20N2.C9H19NO.C9H19N.CH4/c1-7-8(2)10(4)12(6)11(5)9(7)3;1-7-8(2)12(6)10(4)9(3)11(7)5;1-6-8(3)11(5)9(4)7(2)10-6;1-6-8(3)11-9(4)7(2)10(6)5;1-6-7(2)9(4)10(5)8(6)3;/h7-11H,1-6H3;7-10H,1-6H3;6-10H,1-5H3;6-9H,1-5H3;6-9H,1-5H3;1H4. The molecule has 0 amide bonds. The van der Waals surface area contributed by atoms with Crippen molar-refractivity contribution in [2.45, 2.75) is 250 Å². The third-order valence-corrected chi connectivity index (χ3v) is 18.4. The van der Waals surface area contributed by atoms with Crippen LogP contribution in [0.4, 0.5) is 0 Å². The first-order valence-electron chi connectivity index (χ1n) is 23.3. The fourth-order valence-corrected chi connectivity index (χ4v) is 9.93. The van der Waals surface area contributed by atoms with Crippen molar-refractivity contribution in [3.8, 4) is 0 Å². The fourth-order valence-electron chi connectivity index (χ4n) is 9.93. The number of likely N-dealkylation sites (tertiary alicyclic amines) is 2. The number of nitrogens with zero attached hydrogens (tertiary/aromatic N) is 6. The summed E-state index contributed by atoms with van der Waals surface area (Å²) in [6.07, 6.45) is 0.734. The number of morpholine rings is 1. The van der Waals surface area contributed by atoms with Crippen molar-refractivity contribution in [3.05, 3.63) is 0 Å². The first kappa shape index (κ1) is 56.7. The Morgan fingerprint density at radius 1 is 0.263 bits per heavy atom. The molecule has 57 heavy (non-hydrogen) atoms. The summed E-state index contributed by atoms with van der Waals surface area (Å²) in [5.74, 6) is 4.26. The molecule has 5 saturated heterocycles. The molecule has 0 radical (unpaired) electrons. The highest BCUT2D eigenvalue weighted by Gasteiger charge is 2.39. The van der Waals surface area contributed by atoms with E-state index in [9.17, 15) is 0 Å². The summed E-state index contributed by atoms with van der Waals surface area (Å²) in [4.78, 5) is 14.8. The number of likely N-dealkylation sites (N-methyl/N-ethyl adjacent to an activating group) is 4. The molecule has 5 aliphatic rings. The smallest absolute Gasteiger partial charge is 0.0703 e. The van der Waals surface area contributed by atoms with Crippen LogP contribution < -0.4 is 5.32 Å². The Morgan fingerprint density at radius 2 is 0.456 bits per heavy atom. The number of rotatable bonds is 0. The highest BCUT2D eigenvalue weighted by atomic mass is 16.5. The lowest BCUT2D eigenvalue weighted by Gasteiger charge is -2.50. The van der Waals surface area contributed by atoms with Gasteiger partial charge in [0.25, 0.3) is 0 Å². The van der Waals surface area contributed by atoms with Gasteiger partial charge in [-0.3, -0.25) is 19.6 Å². The van der Waals surface area contributed by atoms with Crippen LogP contribution in [0, 0.1) is 29.6 Å². The van der Waals surface area contributed by atoms with E-state index < -0.39 is 0 Å². The predicted molar refractivity (Wildman–Crippen MR) is 255 cm³/mol. The summed E-state index contributed by atoms with van der Waals surface area (Å²) < 4.78 is 5.74. The molecule has 8 heteroatoms. The van der Waals surface area contributed by atoms with Crippen molar-refractivity contribution in [1.82, 2.24) is 34.7 Å². The van der Waals surface area contributed by atoms with Gasteiger partial charge in [-0.2, -0.15) is 0 Å². The summed E-state index contributed by atoms with van der Waals surface area (Å²) in [5.41, 5.74) is 0. The van der Waals surface area contributed by atoms with Gasteiger partial charge in [-0.05, 0) is 183 Å². The van der Waals surface area contributed by atoms with Gasteiger partial charge in [0.05, 0.1) is 12.2 Å². The minimum absolute atomic E-state index is 0. The molecule has 8 nitrogen and oxygen atoms in total. The molecule has 20 atom stereocenters. The van der Waals surface area contributed by atoms with Gasteiger partial charge < -0.3 is 19.9 Å². The second-order valence-electron chi connectivity index (χ2n) is 20.5. The number of nitrogens with one attached hydrogen (secondary N) is 1. The fraction of sp³-hybridized carbons (Fsp3) is 1.00. The molecule has 0 aromatic heterocycles. The topological polar surface area (TPSA) is 40.7 Å². The van der Waals surface area contributed by atoms with Crippen LogP contribution in [0.15, 0.2) is 0 Å². The molecule has 344 valence electrons. The predicted octanol–water partition coefficient (Wildman–Crippen LogP) is 9.23. The number of piperidine rings is 1. The largest absolute Gasteiger partial charge is 0.372 e. The van der Waals surface area contributed by atoms with E-state index in [1.165, 1.54) is 0 Å². The normalized spacial score (nSPS) is 47.7. The summed E-state index contributed by atoms with van der Waals surface area (Å²) >= 11 is 0. The van der Waals surface area contributed by atoms with Crippen LogP contribution >= 0.6 is 0 Å². The molecule has 5 aliphatic heterocycles. The maximum Gasteiger partial charge on any atom is 0.0703 e. The van der Waals surface area contributed by atoms with E-state index >= 15 is 0 Å². The van der Waals surface area contributed by atoms with Crippen LogP contribution in [0.2, 0.25) is 0 Å². The summed E-state index contributed by atoms with van der Waals surface area (Å²) in [7, 11) is 13.3. The summed E-state index contributed by atoms with van der Waals surface area (Å²) in [6.45, 7) is 48.2. The second kappa shape index (κ2) is 24.4.